The first-order chi connectivity index (χ1) is 3.93. The topological polar surface area (TPSA) is 20.2 Å². The molecular formula is C7H10O. The van der Waals surface area contributed by atoms with Crippen molar-refractivity contribution in [2.45, 2.75) is 6.61 Å². The van der Waals surface area contributed by atoms with Gasteiger partial charge in [-0.3, -0.25) is 0 Å². The van der Waals surface area contributed by atoms with Crippen LogP contribution in [0.25, 0.3) is 0 Å². The molecule has 1 aromatic rings. The highest BCUT2D eigenvalue weighted by Crippen LogP contribution is 1.95. The first-order valence-electron chi connectivity index (χ1n) is 2.58. The molecule has 0 fully saturated rings. The van der Waals surface area contributed by atoms with E-state index in [4.69, 9.17) is 5.11 Å². The van der Waals surface area contributed by atoms with Crippen molar-refractivity contribution < 1.29 is 6.53 Å². The van der Waals surface area contributed by atoms with E-state index in [0.717, 1.165) is 5.56 Å². The zero-order valence-corrected chi connectivity index (χ0v) is 4.54. The van der Waals surface area contributed by atoms with Gasteiger partial charge in [0.2, 0.25) is 0 Å². The lowest BCUT2D eigenvalue weighted by atomic mass is 10.2. The van der Waals surface area contributed by atoms with E-state index in [9.17, 15) is 0 Å². The highest BCUT2D eigenvalue weighted by Gasteiger charge is 1.81. The van der Waals surface area contributed by atoms with Crippen LogP contribution in [0.3, 0.4) is 0 Å². The third-order valence-corrected chi connectivity index (χ3v) is 1.03. The van der Waals surface area contributed by atoms with Crippen LogP contribution in [0.1, 0.15) is 6.99 Å². The summed E-state index contributed by atoms with van der Waals surface area (Å²) in [5, 5.41) is 8.54. The van der Waals surface area contributed by atoms with Gasteiger partial charge in [0.05, 0.1) is 6.61 Å². The van der Waals surface area contributed by atoms with Crippen LogP contribution < -0.4 is 0 Å². The second-order valence-corrected chi connectivity index (χ2v) is 1.64. The van der Waals surface area contributed by atoms with Gasteiger partial charge in [-0.05, 0) is 5.56 Å². The van der Waals surface area contributed by atoms with Crippen LogP contribution in [0, 0.1) is 0 Å². The number of benzene rings is 1. The Hall–Kier alpha value is -0.820. The third-order valence-electron chi connectivity index (χ3n) is 1.03. The molecule has 0 radical (unpaired) electrons. The summed E-state index contributed by atoms with van der Waals surface area (Å²) in [4.78, 5) is 0. The summed E-state index contributed by atoms with van der Waals surface area (Å²) < 4.78 is 0. The summed E-state index contributed by atoms with van der Waals surface area (Å²) in [6, 6.07) is 9.52. The van der Waals surface area contributed by atoms with Gasteiger partial charge in [-0.25, -0.2) is 0 Å². The molecule has 0 spiro atoms. The standard InChI is InChI=1S/C7H8O.H2/c8-6-7-4-2-1-3-5-7;/h1-5,8H,6H2;1H. The highest BCUT2D eigenvalue weighted by molar-refractivity contribution is 5.12. The van der Waals surface area contributed by atoms with Crippen molar-refractivity contribution in [3.63, 3.8) is 0 Å². The van der Waals surface area contributed by atoms with Crippen molar-refractivity contribution in [1.29, 1.82) is 0 Å². The highest BCUT2D eigenvalue weighted by atomic mass is 16.3. The van der Waals surface area contributed by atoms with E-state index < -0.39 is 0 Å². The lowest BCUT2D eigenvalue weighted by Gasteiger charge is -1.89. The van der Waals surface area contributed by atoms with Gasteiger partial charge in [-0.1, -0.05) is 30.3 Å². The van der Waals surface area contributed by atoms with Crippen LogP contribution in [0.2, 0.25) is 0 Å². The summed E-state index contributed by atoms with van der Waals surface area (Å²) in [6.07, 6.45) is 0. The monoisotopic (exact) mass is 110 g/mol. The average Bonchev–Trinajstić information content (AvgIpc) is 1.90. The van der Waals surface area contributed by atoms with Crippen molar-refractivity contribution >= 4 is 0 Å². The average molecular weight is 110 g/mol. The SMILES string of the molecule is OCc1ccccc1.[HH]. The smallest absolute Gasteiger partial charge is 0.0681 e. The van der Waals surface area contributed by atoms with Crippen LogP contribution in [0.4, 0.5) is 0 Å². The number of rotatable bonds is 1. The maximum absolute atomic E-state index is 8.54. The van der Waals surface area contributed by atoms with E-state index in [1.807, 2.05) is 30.3 Å². The molecule has 0 aliphatic heterocycles. The Morgan fingerprint density at radius 3 is 2.25 bits per heavy atom. The molecule has 0 saturated carbocycles. The summed E-state index contributed by atoms with van der Waals surface area (Å²) >= 11 is 0. The van der Waals surface area contributed by atoms with E-state index >= 15 is 0 Å². The van der Waals surface area contributed by atoms with E-state index in [0.29, 0.717) is 0 Å². The molecule has 1 rings (SSSR count). The number of hydrogen-bond donors (Lipinski definition) is 1. The minimum atomic E-state index is 0. The largest absolute Gasteiger partial charge is 0.392 e. The van der Waals surface area contributed by atoms with Crippen molar-refractivity contribution in [1.82, 2.24) is 0 Å². The van der Waals surface area contributed by atoms with Crippen LogP contribution in [-0.2, 0) is 6.61 Å². The molecule has 0 bridgehead atoms. The Labute approximate surface area is 50.1 Å². The second-order valence-electron chi connectivity index (χ2n) is 1.64. The molecule has 1 heteroatoms. The van der Waals surface area contributed by atoms with E-state index in [1.54, 1.807) is 0 Å². The molecule has 0 aliphatic rings. The first-order valence-corrected chi connectivity index (χ1v) is 2.58. The molecule has 1 N–H and O–H groups in total. The molecule has 0 heterocycles. The van der Waals surface area contributed by atoms with Crippen molar-refractivity contribution in [3.8, 4) is 0 Å². The van der Waals surface area contributed by atoms with Gasteiger partial charge < -0.3 is 5.11 Å². The minimum absolute atomic E-state index is 0. The van der Waals surface area contributed by atoms with Gasteiger partial charge in [0.25, 0.3) is 0 Å². The lowest BCUT2D eigenvalue weighted by molar-refractivity contribution is 0.282. The molecule has 1 aromatic carbocycles. The summed E-state index contributed by atoms with van der Waals surface area (Å²) in [5.41, 5.74) is 0.965. The zero-order chi connectivity index (χ0) is 5.82. The van der Waals surface area contributed by atoms with Crippen LogP contribution >= 0.6 is 0 Å². The number of aliphatic hydroxyl groups excluding tert-OH is 1. The van der Waals surface area contributed by atoms with Crippen LogP contribution in [-0.4, -0.2) is 5.11 Å². The Balaban J connectivity index is 0.000000640. The molecule has 0 aromatic heterocycles. The molecule has 0 atom stereocenters. The fourth-order valence-electron chi connectivity index (χ4n) is 0.583. The van der Waals surface area contributed by atoms with Gasteiger partial charge in [0.15, 0.2) is 0 Å². The van der Waals surface area contributed by atoms with E-state index in [1.165, 1.54) is 0 Å². The summed E-state index contributed by atoms with van der Waals surface area (Å²) in [5.74, 6) is 0. The predicted molar refractivity (Wildman–Crippen MR) is 34.5 cm³/mol. The van der Waals surface area contributed by atoms with Crippen LogP contribution in [0.15, 0.2) is 30.3 Å². The fourth-order valence-corrected chi connectivity index (χ4v) is 0.583. The van der Waals surface area contributed by atoms with Crippen LogP contribution in [0.5, 0.6) is 0 Å². The second kappa shape index (κ2) is 2.48. The minimum Gasteiger partial charge on any atom is -0.392 e. The third kappa shape index (κ3) is 1.07. The van der Waals surface area contributed by atoms with Gasteiger partial charge >= 0.3 is 0 Å². The summed E-state index contributed by atoms with van der Waals surface area (Å²) in [6.45, 7) is 0.140. The predicted octanol–water partition coefficient (Wildman–Crippen LogP) is 1.42. The van der Waals surface area contributed by atoms with Gasteiger partial charge in [-0.2, -0.15) is 0 Å². The van der Waals surface area contributed by atoms with Gasteiger partial charge in [0, 0.05) is 1.43 Å². The molecular weight excluding hydrogens is 100 g/mol. The quantitative estimate of drug-likeness (QED) is 0.579. The molecule has 0 unspecified atom stereocenters. The number of hydrogen-bond acceptors (Lipinski definition) is 1. The van der Waals surface area contributed by atoms with E-state index in [2.05, 4.69) is 0 Å². The van der Waals surface area contributed by atoms with Gasteiger partial charge in [-0.15, -0.1) is 0 Å². The molecule has 0 saturated heterocycles. The Morgan fingerprint density at radius 1 is 1.25 bits per heavy atom. The Kier molecular flexibility index (Phi) is 1.65. The molecule has 0 aliphatic carbocycles. The van der Waals surface area contributed by atoms with Crippen molar-refractivity contribution in [2.24, 2.45) is 0 Å². The molecule has 8 heavy (non-hydrogen) atoms. The van der Waals surface area contributed by atoms with Crippen molar-refractivity contribution in [2.75, 3.05) is 0 Å². The maximum atomic E-state index is 8.54. The van der Waals surface area contributed by atoms with Gasteiger partial charge in [0.1, 0.15) is 0 Å². The maximum Gasteiger partial charge on any atom is 0.0681 e. The molecule has 0 amide bonds. The number of aliphatic hydroxyl groups is 1. The molecule has 44 valence electrons. The normalized spacial score (nSPS) is 9.12. The molecule has 1 nitrogen and oxygen atoms in total. The van der Waals surface area contributed by atoms with E-state index in [-0.39, 0.29) is 8.03 Å². The summed E-state index contributed by atoms with van der Waals surface area (Å²) in [7, 11) is 0. The first kappa shape index (κ1) is 5.32. The zero-order valence-electron chi connectivity index (χ0n) is 4.54. The Morgan fingerprint density at radius 2 is 1.88 bits per heavy atom. The fraction of sp³-hybridized carbons (Fsp3) is 0.143. The van der Waals surface area contributed by atoms with Crippen molar-refractivity contribution in [3.05, 3.63) is 35.9 Å². The lowest BCUT2D eigenvalue weighted by Crippen LogP contribution is -1.77. The Bertz CT molecular complexity index is 150.